The Balaban J connectivity index is 1.94. The highest BCUT2D eigenvalue weighted by atomic mass is 16.3. The van der Waals surface area contributed by atoms with E-state index in [1.807, 2.05) is 25.1 Å². The SMILES string of the molecule is CC(CO)CCCNC(=O)C1(c2ccccc2)CCCC1. The number of aliphatic hydroxyl groups excluding tert-OH is 1. The molecule has 1 aliphatic carbocycles. The van der Waals surface area contributed by atoms with Crippen molar-refractivity contribution in [2.24, 2.45) is 5.92 Å². The molecule has 116 valence electrons. The summed E-state index contributed by atoms with van der Waals surface area (Å²) >= 11 is 0. The number of amides is 1. The predicted molar refractivity (Wildman–Crippen MR) is 85.1 cm³/mol. The largest absolute Gasteiger partial charge is 0.396 e. The van der Waals surface area contributed by atoms with Crippen LogP contribution in [0.25, 0.3) is 0 Å². The molecule has 1 aromatic carbocycles. The maximum atomic E-state index is 12.7. The van der Waals surface area contributed by atoms with Crippen molar-refractivity contribution in [3.63, 3.8) is 0 Å². The van der Waals surface area contributed by atoms with Crippen molar-refractivity contribution >= 4 is 5.91 Å². The minimum absolute atomic E-state index is 0.183. The van der Waals surface area contributed by atoms with E-state index in [4.69, 9.17) is 5.11 Å². The molecule has 0 radical (unpaired) electrons. The Hall–Kier alpha value is -1.35. The van der Waals surface area contributed by atoms with E-state index in [0.29, 0.717) is 12.5 Å². The Labute approximate surface area is 127 Å². The fraction of sp³-hybridized carbons (Fsp3) is 0.611. The molecule has 2 N–H and O–H groups in total. The van der Waals surface area contributed by atoms with Gasteiger partial charge in [-0.15, -0.1) is 0 Å². The fourth-order valence-electron chi connectivity index (χ4n) is 3.30. The molecule has 0 bridgehead atoms. The van der Waals surface area contributed by atoms with E-state index in [1.54, 1.807) is 0 Å². The minimum atomic E-state index is -0.316. The second kappa shape index (κ2) is 7.60. The first-order valence-electron chi connectivity index (χ1n) is 8.14. The summed E-state index contributed by atoms with van der Waals surface area (Å²) in [6.07, 6.45) is 6.05. The van der Waals surface area contributed by atoms with Gasteiger partial charge in [0, 0.05) is 13.2 Å². The number of hydrogen-bond donors (Lipinski definition) is 2. The Morgan fingerprint density at radius 2 is 1.95 bits per heavy atom. The fourth-order valence-corrected chi connectivity index (χ4v) is 3.30. The average Bonchev–Trinajstić information content (AvgIpc) is 3.03. The molecular formula is C18H27NO2. The van der Waals surface area contributed by atoms with Gasteiger partial charge in [0.1, 0.15) is 0 Å². The minimum Gasteiger partial charge on any atom is -0.396 e. The molecule has 0 aromatic heterocycles. The standard InChI is InChI=1S/C18H27NO2/c1-15(14-20)8-7-13-19-17(21)18(11-5-6-12-18)16-9-3-2-4-10-16/h2-4,9-10,15,20H,5-8,11-14H2,1H3,(H,19,21). The van der Waals surface area contributed by atoms with E-state index in [2.05, 4.69) is 17.4 Å². The number of aliphatic hydroxyl groups is 1. The monoisotopic (exact) mass is 289 g/mol. The number of carbonyl (C=O) groups excluding carboxylic acids is 1. The first-order valence-corrected chi connectivity index (χ1v) is 8.14. The maximum absolute atomic E-state index is 12.7. The molecule has 1 amide bonds. The first kappa shape index (κ1) is 16.0. The first-order chi connectivity index (χ1) is 10.2. The Morgan fingerprint density at radius 3 is 2.57 bits per heavy atom. The summed E-state index contributed by atoms with van der Waals surface area (Å²) < 4.78 is 0. The predicted octanol–water partition coefficient (Wildman–Crippen LogP) is 3.02. The van der Waals surface area contributed by atoms with Crippen LogP contribution >= 0.6 is 0 Å². The lowest BCUT2D eigenvalue weighted by Crippen LogP contribution is -2.43. The molecule has 2 rings (SSSR count). The number of benzene rings is 1. The number of hydrogen-bond acceptors (Lipinski definition) is 2. The molecule has 3 nitrogen and oxygen atoms in total. The average molecular weight is 289 g/mol. The Bertz CT molecular complexity index is 438. The molecule has 1 atom stereocenters. The van der Waals surface area contributed by atoms with Crippen molar-refractivity contribution in [3.05, 3.63) is 35.9 Å². The molecule has 0 spiro atoms. The van der Waals surface area contributed by atoms with Crippen molar-refractivity contribution in [1.29, 1.82) is 0 Å². The smallest absolute Gasteiger partial charge is 0.230 e. The van der Waals surface area contributed by atoms with Gasteiger partial charge in [-0.25, -0.2) is 0 Å². The van der Waals surface area contributed by atoms with Crippen LogP contribution in [-0.2, 0) is 10.2 Å². The van der Waals surface area contributed by atoms with Crippen LogP contribution in [0.3, 0.4) is 0 Å². The molecule has 1 unspecified atom stereocenters. The quantitative estimate of drug-likeness (QED) is 0.758. The van der Waals surface area contributed by atoms with Crippen molar-refractivity contribution in [2.75, 3.05) is 13.2 Å². The van der Waals surface area contributed by atoms with Crippen LogP contribution in [0.4, 0.5) is 0 Å². The Kier molecular flexibility index (Phi) is 5.80. The maximum Gasteiger partial charge on any atom is 0.230 e. The lowest BCUT2D eigenvalue weighted by Gasteiger charge is -2.28. The van der Waals surface area contributed by atoms with Gasteiger partial charge in [0.2, 0.25) is 5.91 Å². The normalized spacial score (nSPS) is 18.4. The summed E-state index contributed by atoms with van der Waals surface area (Å²) in [5.74, 6) is 0.499. The third-order valence-electron chi connectivity index (χ3n) is 4.69. The van der Waals surface area contributed by atoms with Crippen molar-refractivity contribution in [2.45, 2.75) is 50.9 Å². The highest BCUT2D eigenvalue weighted by Gasteiger charge is 2.42. The zero-order chi connectivity index (χ0) is 15.1. The molecule has 0 heterocycles. The van der Waals surface area contributed by atoms with Crippen LogP contribution < -0.4 is 5.32 Å². The molecule has 1 aliphatic rings. The van der Waals surface area contributed by atoms with Crippen molar-refractivity contribution in [3.8, 4) is 0 Å². The second-order valence-corrected chi connectivity index (χ2v) is 6.34. The summed E-state index contributed by atoms with van der Waals surface area (Å²) in [7, 11) is 0. The second-order valence-electron chi connectivity index (χ2n) is 6.34. The summed E-state index contributed by atoms with van der Waals surface area (Å²) in [6.45, 7) is 2.96. The van der Waals surface area contributed by atoms with Gasteiger partial charge < -0.3 is 10.4 Å². The molecular weight excluding hydrogens is 262 g/mol. The molecule has 0 saturated heterocycles. The van der Waals surface area contributed by atoms with Gasteiger partial charge in [-0.1, -0.05) is 50.1 Å². The van der Waals surface area contributed by atoms with Gasteiger partial charge in [0.25, 0.3) is 0 Å². The zero-order valence-electron chi connectivity index (χ0n) is 13.0. The number of rotatable bonds is 7. The van der Waals surface area contributed by atoms with Crippen LogP contribution in [-0.4, -0.2) is 24.2 Å². The van der Waals surface area contributed by atoms with Gasteiger partial charge >= 0.3 is 0 Å². The van der Waals surface area contributed by atoms with Crippen LogP contribution in [0, 0.1) is 5.92 Å². The molecule has 1 fully saturated rings. The zero-order valence-corrected chi connectivity index (χ0v) is 13.0. The molecule has 21 heavy (non-hydrogen) atoms. The van der Waals surface area contributed by atoms with Crippen molar-refractivity contribution < 1.29 is 9.90 Å². The highest BCUT2D eigenvalue weighted by Crippen LogP contribution is 2.41. The summed E-state index contributed by atoms with van der Waals surface area (Å²) in [5.41, 5.74) is 0.841. The number of carbonyl (C=O) groups is 1. The molecule has 1 aromatic rings. The number of nitrogens with one attached hydrogen (secondary N) is 1. The lowest BCUT2D eigenvalue weighted by atomic mass is 9.78. The summed E-state index contributed by atoms with van der Waals surface area (Å²) in [5, 5.41) is 12.1. The van der Waals surface area contributed by atoms with E-state index in [1.165, 1.54) is 0 Å². The Morgan fingerprint density at radius 1 is 1.29 bits per heavy atom. The van der Waals surface area contributed by atoms with Gasteiger partial charge in [-0.2, -0.15) is 0 Å². The summed E-state index contributed by atoms with van der Waals surface area (Å²) in [4.78, 5) is 12.7. The molecule has 3 heteroatoms. The van der Waals surface area contributed by atoms with Gasteiger partial charge in [-0.05, 0) is 37.2 Å². The van der Waals surface area contributed by atoms with Gasteiger partial charge in [0.05, 0.1) is 5.41 Å². The van der Waals surface area contributed by atoms with Crippen LogP contribution in [0.15, 0.2) is 30.3 Å². The van der Waals surface area contributed by atoms with Crippen molar-refractivity contribution in [1.82, 2.24) is 5.32 Å². The topological polar surface area (TPSA) is 49.3 Å². The van der Waals surface area contributed by atoms with Gasteiger partial charge in [-0.3, -0.25) is 4.79 Å². The lowest BCUT2D eigenvalue weighted by molar-refractivity contribution is -0.126. The molecule has 0 aliphatic heterocycles. The molecule has 1 saturated carbocycles. The van der Waals surface area contributed by atoms with E-state index in [0.717, 1.165) is 44.1 Å². The highest BCUT2D eigenvalue weighted by molar-refractivity contribution is 5.88. The summed E-state index contributed by atoms with van der Waals surface area (Å²) in [6, 6.07) is 10.2. The third-order valence-corrected chi connectivity index (χ3v) is 4.69. The third kappa shape index (κ3) is 3.85. The van der Waals surface area contributed by atoms with Crippen LogP contribution in [0.1, 0.15) is 51.0 Å². The van der Waals surface area contributed by atoms with E-state index in [-0.39, 0.29) is 17.9 Å². The van der Waals surface area contributed by atoms with E-state index in [9.17, 15) is 4.79 Å². The van der Waals surface area contributed by atoms with Gasteiger partial charge in [0.15, 0.2) is 0 Å². The van der Waals surface area contributed by atoms with Crippen LogP contribution in [0.5, 0.6) is 0 Å². The van der Waals surface area contributed by atoms with E-state index >= 15 is 0 Å². The van der Waals surface area contributed by atoms with Crippen LogP contribution in [0.2, 0.25) is 0 Å². The van der Waals surface area contributed by atoms with E-state index < -0.39 is 0 Å².